The minimum Gasteiger partial charge on any atom is -0.352 e. The van der Waals surface area contributed by atoms with Crippen LogP contribution in [-0.4, -0.2) is 50.0 Å². The Morgan fingerprint density at radius 3 is 2.31 bits per heavy atom. The zero-order valence-corrected chi connectivity index (χ0v) is 24.0. The molecule has 0 heterocycles. The van der Waals surface area contributed by atoms with Crippen molar-refractivity contribution in [3.63, 3.8) is 0 Å². The van der Waals surface area contributed by atoms with E-state index in [-0.39, 0.29) is 18.5 Å². The van der Waals surface area contributed by atoms with Gasteiger partial charge in [-0.1, -0.05) is 65.1 Å². The lowest BCUT2D eigenvalue weighted by atomic mass is 10.1. The van der Waals surface area contributed by atoms with Crippen molar-refractivity contribution >= 4 is 66.7 Å². The van der Waals surface area contributed by atoms with Crippen molar-refractivity contribution in [3.05, 3.63) is 62.5 Å². The van der Waals surface area contributed by atoms with Gasteiger partial charge in [0.15, 0.2) is 0 Å². The fourth-order valence-electron chi connectivity index (χ4n) is 3.44. The molecule has 0 spiro atoms. The van der Waals surface area contributed by atoms with Crippen LogP contribution in [0.4, 0.5) is 5.69 Å². The highest BCUT2D eigenvalue weighted by Crippen LogP contribution is 2.26. The number of sulfonamides is 1. The molecule has 0 aliphatic heterocycles. The number of hydrogen-bond acceptors (Lipinski definition) is 4. The third-order valence-electron chi connectivity index (χ3n) is 5.52. The number of amides is 2. The summed E-state index contributed by atoms with van der Waals surface area (Å²) in [6, 6.07) is 10.6. The highest BCUT2D eigenvalue weighted by atomic mass is 79.9. The molecule has 2 atom stereocenters. The Labute approximate surface area is 225 Å². The lowest BCUT2D eigenvalue weighted by Crippen LogP contribution is -2.53. The fourth-order valence-corrected chi connectivity index (χ4v) is 5.14. The Balaban J connectivity index is 2.48. The van der Waals surface area contributed by atoms with Crippen molar-refractivity contribution in [2.75, 3.05) is 17.1 Å². The maximum atomic E-state index is 13.7. The zero-order valence-electron chi connectivity index (χ0n) is 20.1. The van der Waals surface area contributed by atoms with Gasteiger partial charge in [0.25, 0.3) is 0 Å². The molecule has 2 aromatic carbocycles. The maximum Gasteiger partial charge on any atom is 0.244 e. The van der Waals surface area contributed by atoms with Gasteiger partial charge in [-0.25, -0.2) is 8.42 Å². The van der Waals surface area contributed by atoms with Crippen molar-refractivity contribution < 1.29 is 18.0 Å². The second kappa shape index (κ2) is 12.9. The summed E-state index contributed by atoms with van der Waals surface area (Å²) in [6.07, 6.45) is 2.09. The molecule has 2 amide bonds. The number of benzene rings is 2. The molecule has 0 aliphatic carbocycles. The molecule has 0 aromatic heterocycles. The van der Waals surface area contributed by atoms with Crippen LogP contribution in [0.3, 0.4) is 0 Å². The topological polar surface area (TPSA) is 86.8 Å². The number of rotatable bonds is 11. The monoisotopic (exact) mass is 605 g/mol. The Morgan fingerprint density at radius 2 is 1.77 bits per heavy atom. The van der Waals surface area contributed by atoms with Crippen molar-refractivity contribution in [1.29, 1.82) is 0 Å². The second-order valence-electron chi connectivity index (χ2n) is 8.25. The molecule has 0 bridgehead atoms. The molecule has 2 rings (SSSR count). The molecule has 0 radical (unpaired) electrons. The molecule has 35 heavy (non-hydrogen) atoms. The van der Waals surface area contributed by atoms with Gasteiger partial charge >= 0.3 is 0 Å². The average Bonchev–Trinajstić information content (AvgIpc) is 2.77. The van der Waals surface area contributed by atoms with Crippen LogP contribution >= 0.6 is 39.1 Å². The van der Waals surface area contributed by atoms with E-state index in [0.717, 1.165) is 17.0 Å². The first-order valence-corrected chi connectivity index (χ1v) is 14.5. The van der Waals surface area contributed by atoms with E-state index in [9.17, 15) is 18.0 Å². The molecule has 7 nitrogen and oxygen atoms in total. The first kappa shape index (κ1) is 29.4. The number of carbonyl (C=O) groups is 2. The van der Waals surface area contributed by atoms with Crippen LogP contribution in [0.5, 0.6) is 0 Å². The van der Waals surface area contributed by atoms with Gasteiger partial charge in [-0.05, 0) is 55.7 Å². The van der Waals surface area contributed by atoms with E-state index in [4.69, 9.17) is 23.2 Å². The van der Waals surface area contributed by atoms with Crippen LogP contribution in [0.1, 0.15) is 39.2 Å². The van der Waals surface area contributed by atoms with Gasteiger partial charge in [0.1, 0.15) is 12.6 Å². The van der Waals surface area contributed by atoms with Gasteiger partial charge in [0.05, 0.1) is 11.9 Å². The lowest BCUT2D eigenvalue weighted by Gasteiger charge is -2.33. The highest BCUT2D eigenvalue weighted by Gasteiger charge is 2.32. The highest BCUT2D eigenvalue weighted by molar-refractivity contribution is 9.10. The van der Waals surface area contributed by atoms with Crippen LogP contribution in [0.2, 0.25) is 10.0 Å². The third-order valence-corrected chi connectivity index (χ3v) is 7.74. The quantitative estimate of drug-likeness (QED) is 0.379. The Kier molecular flexibility index (Phi) is 10.9. The van der Waals surface area contributed by atoms with Crippen molar-refractivity contribution in [3.8, 4) is 0 Å². The van der Waals surface area contributed by atoms with E-state index in [0.29, 0.717) is 32.2 Å². The first-order chi connectivity index (χ1) is 16.4. The van der Waals surface area contributed by atoms with Crippen molar-refractivity contribution in [1.82, 2.24) is 10.2 Å². The summed E-state index contributed by atoms with van der Waals surface area (Å²) < 4.78 is 27.0. The van der Waals surface area contributed by atoms with Crippen LogP contribution in [0.15, 0.2) is 46.9 Å². The largest absolute Gasteiger partial charge is 0.352 e. The molecular weight excluding hydrogens is 577 g/mol. The molecule has 0 unspecified atom stereocenters. The lowest BCUT2D eigenvalue weighted by molar-refractivity contribution is -0.140. The molecular formula is C24H30BrCl2N3O4S. The Morgan fingerprint density at radius 1 is 1.09 bits per heavy atom. The van der Waals surface area contributed by atoms with Gasteiger partial charge in [0, 0.05) is 27.1 Å². The predicted octanol–water partition coefficient (Wildman–Crippen LogP) is 5.24. The summed E-state index contributed by atoms with van der Waals surface area (Å²) in [5, 5.41) is 3.71. The normalized spacial score (nSPS) is 13.1. The number of halogens is 3. The minimum atomic E-state index is -3.80. The van der Waals surface area contributed by atoms with Gasteiger partial charge in [-0.3, -0.25) is 13.9 Å². The SMILES string of the molecule is CC[C@H](C(=O)N[C@@H](C)CC)N(Cc1ccc(Cl)cc1Cl)C(=O)CN(c1cccc(Br)c1)S(C)(=O)=O. The maximum absolute atomic E-state index is 13.7. The van der Waals surface area contributed by atoms with E-state index in [2.05, 4.69) is 21.2 Å². The number of nitrogens with zero attached hydrogens (tertiary/aromatic N) is 2. The zero-order chi connectivity index (χ0) is 26.3. The minimum absolute atomic E-state index is 0.0113. The standard InChI is InChI=1S/C24H30BrCl2N3O4S/c1-5-16(3)28-24(32)22(6-2)29(14-17-10-11-19(26)13-21(17)27)23(31)15-30(35(4,33)34)20-9-7-8-18(25)12-20/h7-13,16,22H,5-6,14-15H2,1-4H3,(H,28,32)/t16-,22+/m0/s1. The summed E-state index contributed by atoms with van der Waals surface area (Å²) >= 11 is 15.7. The van der Waals surface area contributed by atoms with Crippen LogP contribution in [0.25, 0.3) is 0 Å². The summed E-state index contributed by atoms with van der Waals surface area (Å²) in [5.41, 5.74) is 0.921. The molecule has 0 aliphatic rings. The smallest absolute Gasteiger partial charge is 0.244 e. The van der Waals surface area contributed by atoms with Crippen molar-refractivity contribution in [2.45, 2.75) is 52.2 Å². The third kappa shape index (κ3) is 8.37. The average molecular weight is 607 g/mol. The van der Waals surface area contributed by atoms with Gasteiger partial charge in [-0.15, -0.1) is 0 Å². The van der Waals surface area contributed by atoms with Gasteiger partial charge in [-0.2, -0.15) is 0 Å². The van der Waals surface area contributed by atoms with Crippen LogP contribution in [0, 0.1) is 0 Å². The van der Waals surface area contributed by atoms with Crippen LogP contribution in [-0.2, 0) is 26.2 Å². The summed E-state index contributed by atoms with van der Waals surface area (Å²) in [4.78, 5) is 28.2. The molecule has 192 valence electrons. The molecule has 2 aromatic rings. The molecule has 1 N–H and O–H groups in total. The number of hydrogen-bond donors (Lipinski definition) is 1. The number of nitrogens with one attached hydrogen (secondary N) is 1. The van der Waals surface area contributed by atoms with E-state index in [1.165, 1.54) is 4.90 Å². The predicted molar refractivity (Wildman–Crippen MR) is 145 cm³/mol. The van der Waals surface area contributed by atoms with Gasteiger partial charge in [0.2, 0.25) is 21.8 Å². The molecule has 0 fully saturated rings. The summed E-state index contributed by atoms with van der Waals surface area (Å²) in [6.45, 7) is 5.16. The van der Waals surface area contributed by atoms with E-state index >= 15 is 0 Å². The number of anilines is 1. The summed E-state index contributed by atoms with van der Waals surface area (Å²) in [7, 11) is -3.80. The molecule has 11 heteroatoms. The summed E-state index contributed by atoms with van der Waals surface area (Å²) in [5.74, 6) is -0.846. The molecule has 0 saturated heterocycles. The Bertz CT molecular complexity index is 1160. The Hall–Kier alpha value is -1.81. The first-order valence-electron chi connectivity index (χ1n) is 11.1. The van der Waals surface area contributed by atoms with E-state index < -0.39 is 28.5 Å². The van der Waals surface area contributed by atoms with E-state index in [1.807, 2.05) is 13.8 Å². The molecule has 0 saturated carbocycles. The van der Waals surface area contributed by atoms with Crippen molar-refractivity contribution in [2.24, 2.45) is 0 Å². The second-order valence-corrected chi connectivity index (χ2v) is 11.9. The number of carbonyl (C=O) groups excluding carboxylic acids is 2. The fraction of sp³-hybridized carbons (Fsp3) is 0.417. The van der Waals surface area contributed by atoms with Crippen LogP contribution < -0.4 is 9.62 Å². The van der Waals surface area contributed by atoms with E-state index in [1.54, 1.807) is 49.4 Å². The van der Waals surface area contributed by atoms with Gasteiger partial charge < -0.3 is 10.2 Å².